The Kier molecular flexibility index (Phi) is 3.65. The lowest BCUT2D eigenvalue weighted by molar-refractivity contribution is 0.528. The molecule has 1 aromatic heterocycles. The minimum absolute atomic E-state index is 0.170. The second kappa shape index (κ2) is 5.39. The predicted molar refractivity (Wildman–Crippen MR) is 83.7 cm³/mol. The van der Waals surface area contributed by atoms with Gasteiger partial charge in [0.05, 0.1) is 21.1 Å². The Morgan fingerprint density at radius 1 is 1.22 bits per heavy atom. The molecule has 0 fully saturated rings. The van der Waals surface area contributed by atoms with E-state index in [1.807, 2.05) is 0 Å². The second-order valence-electron chi connectivity index (χ2n) is 4.79. The number of halogens is 2. The standard InChI is InChI=1S/C14H10ClFN2O4S/c1-18-12-5-2-8(6-13(12)22-14(18)19)17-23(20,21)9-3-4-10(15)11(16)7-9/h2-7,17H,1H3. The maximum Gasteiger partial charge on any atom is 0.419 e. The number of aromatic nitrogens is 1. The van der Waals surface area contributed by atoms with E-state index in [1.54, 1.807) is 6.07 Å². The summed E-state index contributed by atoms with van der Waals surface area (Å²) < 4.78 is 46.5. The van der Waals surface area contributed by atoms with Gasteiger partial charge in [-0.05, 0) is 30.3 Å². The average molecular weight is 357 g/mol. The molecular weight excluding hydrogens is 347 g/mol. The molecule has 0 atom stereocenters. The van der Waals surface area contributed by atoms with Gasteiger partial charge < -0.3 is 4.42 Å². The normalized spacial score (nSPS) is 11.8. The zero-order chi connectivity index (χ0) is 16.8. The molecule has 6 nitrogen and oxygen atoms in total. The fourth-order valence-electron chi connectivity index (χ4n) is 2.06. The van der Waals surface area contributed by atoms with Crippen molar-refractivity contribution in [3.8, 4) is 0 Å². The highest BCUT2D eigenvalue weighted by Crippen LogP contribution is 2.23. The molecule has 0 aliphatic carbocycles. The number of rotatable bonds is 3. The minimum Gasteiger partial charge on any atom is -0.408 e. The van der Waals surface area contributed by atoms with Crippen molar-refractivity contribution in [2.45, 2.75) is 4.90 Å². The Morgan fingerprint density at radius 2 is 1.96 bits per heavy atom. The molecule has 1 N–H and O–H groups in total. The lowest BCUT2D eigenvalue weighted by atomic mass is 10.3. The summed E-state index contributed by atoms with van der Waals surface area (Å²) in [4.78, 5) is 11.2. The van der Waals surface area contributed by atoms with Crippen LogP contribution in [0.25, 0.3) is 11.1 Å². The summed E-state index contributed by atoms with van der Waals surface area (Å²) in [5.41, 5.74) is 0.942. The van der Waals surface area contributed by atoms with Crippen LogP contribution in [-0.2, 0) is 17.1 Å². The van der Waals surface area contributed by atoms with Crippen molar-refractivity contribution >= 4 is 38.4 Å². The number of nitrogens with one attached hydrogen (secondary N) is 1. The van der Waals surface area contributed by atoms with Crippen molar-refractivity contribution in [3.05, 3.63) is 57.8 Å². The van der Waals surface area contributed by atoms with E-state index in [-0.39, 0.29) is 21.2 Å². The van der Waals surface area contributed by atoms with E-state index < -0.39 is 21.6 Å². The van der Waals surface area contributed by atoms with Crippen molar-refractivity contribution in [1.29, 1.82) is 0 Å². The quantitative estimate of drug-likeness (QED) is 0.782. The number of hydrogen-bond donors (Lipinski definition) is 1. The number of hydrogen-bond acceptors (Lipinski definition) is 4. The summed E-state index contributed by atoms with van der Waals surface area (Å²) in [5.74, 6) is -1.39. The summed E-state index contributed by atoms with van der Waals surface area (Å²) in [6.07, 6.45) is 0. The molecule has 3 rings (SSSR count). The smallest absolute Gasteiger partial charge is 0.408 e. The summed E-state index contributed by atoms with van der Waals surface area (Å²) in [6, 6.07) is 7.56. The van der Waals surface area contributed by atoms with Crippen LogP contribution < -0.4 is 10.5 Å². The first kappa shape index (κ1) is 15.6. The van der Waals surface area contributed by atoms with Gasteiger partial charge in [0.25, 0.3) is 10.0 Å². The van der Waals surface area contributed by atoms with E-state index in [1.165, 1.54) is 29.8 Å². The lowest BCUT2D eigenvalue weighted by Gasteiger charge is -2.08. The Labute approximate surface area is 135 Å². The van der Waals surface area contributed by atoms with E-state index in [0.29, 0.717) is 5.52 Å². The molecule has 0 saturated carbocycles. The maximum atomic E-state index is 13.4. The highest BCUT2D eigenvalue weighted by atomic mass is 35.5. The molecule has 0 aliphatic heterocycles. The second-order valence-corrected chi connectivity index (χ2v) is 6.88. The van der Waals surface area contributed by atoms with E-state index in [0.717, 1.165) is 12.1 Å². The van der Waals surface area contributed by atoms with Gasteiger partial charge in [-0.3, -0.25) is 9.29 Å². The SMILES string of the molecule is Cn1c(=O)oc2cc(NS(=O)(=O)c3ccc(Cl)c(F)c3)ccc21. The molecule has 0 saturated heterocycles. The van der Waals surface area contributed by atoms with Crippen LogP contribution in [-0.4, -0.2) is 13.0 Å². The topological polar surface area (TPSA) is 81.3 Å². The van der Waals surface area contributed by atoms with Gasteiger partial charge in [0.1, 0.15) is 5.82 Å². The number of fused-ring (bicyclic) bond motifs is 1. The Bertz CT molecular complexity index is 1070. The highest BCUT2D eigenvalue weighted by Gasteiger charge is 2.17. The number of oxazole rings is 1. The number of sulfonamides is 1. The van der Waals surface area contributed by atoms with Gasteiger partial charge in [-0.15, -0.1) is 0 Å². The molecule has 23 heavy (non-hydrogen) atoms. The first-order valence-electron chi connectivity index (χ1n) is 6.35. The predicted octanol–water partition coefficient (Wildman–Crippen LogP) is 2.72. The molecule has 0 bridgehead atoms. The zero-order valence-electron chi connectivity index (χ0n) is 11.7. The van der Waals surface area contributed by atoms with Crippen LogP contribution >= 0.6 is 11.6 Å². The molecule has 0 unspecified atom stereocenters. The van der Waals surface area contributed by atoms with Gasteiger partial charge in [-0.2, -0.15) is 0 Å². The summed E-state index contributed by atoms with van der Waals surface area (Å²) in [7, 11) is -2.46. The van der Waals surface area contributed by atoms with Crippen molar-refractivity contribution in [3.63, 3.8) is 0 Å². The maximum absolute atomic E-state index is 13.4. The number of benzene rings is 2. The third kappa shape index (κ3) is 2.82. The van der Waals surface area contributed by atoms with Crippen molar-refractivity contribution in [2.24, 2.45) is 7.05 Å². The Morgan fingerprint density at radius 3 is 2.65 bits per heavy atom. The van der Waals surface area contributed by atoms with Gasteiger partial charge in [-0.1, -0.05) is 11.6 Å². The molecule has 0 radical (unpaired) electrons. The van der Waals surface area contributed by atoms with Gasteiger partial charge in [-0.25, -0.2) is 17.6 Å². The molecule has 2 aromatic carbocycles. The van der Waals surface area contributed by atoms with Crippen LogP contribution in [0.15, 0.2) is 50.5 Å². The average Bonchev–Trinajstić information content (AvgIpc) is 2.76. The molecule has 120 valence electrons. The Hall–Kier alpha value is -2.32. The summed E-state index contributed by atoms with van der Waals surface area (Å²) in [5, 5.41) is -0.170. The fourth-order valence-corrected chi connectivity index (χ4v) is 3.23. The largest absolute Gasteiger partial charge is 0.419 e. The molecule has 3 aromatic rings. The molecule has 0 aliphatic rings. The number of anilines is 1. The van der Waals surface area contributed by atoms with E-state index >= 15 is 0 Å². The number of nitrogens with zero attached hydrogens (tertiary/aromatic N) is 1. The summed E-state index contributed by atoms with van der Waals surface area (Å²) >= 11 is 5.54. The fraction of sp³-hybridized carbons (Fsp3) is 0.0714. The van der Waals surface area contributed by atoms with Crippen LogP contribution in [0, 0.1) is 5.82 Å². The van der Waals surface area contributed by atoms with Crippen molar-refractivity contribution in [2.75, 3.05) is 4.72 Å². The minimum atomic E-state index is -4.00. The van der Waals surface area contributed by atoms with E-state index in [2.05, 4.69) is 4.72 Å². The monoisotopic (exact) mass is 356 g/mol. The highest BCUT2D eigenvalue weighted by molar-refractivity contribution is 7.92. The van der Waals surface area contributed by atoms with Gasteiger partial charge in [0.15, 0.2) is 5.58 Å². The van der Waals surface area contributed by atoms with Crippen LogP contribution in [0.4, 0.5) is 10.1 Å². The van der Waals surface area contributed by atoms with E-state index in [9.17, 15) is 17.6 Å². The molecule has 1 heterocycles. The first-order valence-corrected chi connectivity index (χ1v) is 8.21. The molecule has 0 amide bonds. The van der Waals surface area contributed by atoms with Crippen LogP contribution in [0.1, 0.15) is 0 Å². The molecular formula is C14H10ClFN2O4S. The Balaban J connectivity index is 1.99. The molecule has 0 spiro atoms. The van der Waals surface area contributed by atoms with Gasteiger partial charge in [0.2, 0.25) is 0 Å². The van der Waals surface area contributed by atoms with Gasteiger partial charge in [0, 0.05) is 13.1 Å². The molecule has 9 heteroatoms. The van der Waals surface area contributed by atoms with E-state index in [4.69, 9.17) is 16.0 Å². The van der Waals surface area contributed by atoms with Crippen LogP contribution in [0.2, 0.25) is 5.02 Å². The lowest BCUT2D eigenvalue weighted by Crippen LogP contribution is -2.13. The summed E-state index contributed by atoms with van der Waals surface area (Å²) in [6.45, 7) is 0. The van der Waals surface area contributed by atoms with Crippen molar-refractivity contribution < 1.29 is 17.2 Å². The zero-order valence-corrected chi connectivity index (χ0v) is 13.3. The third-order valence-electron chi connectivity index (χ3n) is 3.25. The first-order chi connectivity index (χ1) is 10.8. The van der Waals surface area contributed by atoms with Crippen LogP contribution in [0.3, 0.4) is 0 Å². The van der Waals surface area contributed by atoms with Crippen LogP contribution in [0.5, 0.6) is 0 Å². The van der Waals surface area contributed by atoms with Gasteiger partial charge >= 0.3 is 5.76 Å². The number of aryl methyl sites for hydroxylation is 1. The third-order valence-corrected chi connectivity index (χ3v) is 4.93. The van der Waals surface area contributed by atoms with Crippen molar-refractivity contribution in [1.82, 2.24) is 4.57 Å².